The zero-order valence-electron chi connectivity index (χ0n) is 13.9. The van der Waals surface area contributed by atoms with Gasteiger partial charge < -0.3 is 9.84 Å². The number of carboxylic acid groups (broad SMARTS) is 1. The lowest BCUT2D eigenvalue weighted by Gasteiger charge is -2.32. The normalized spacial score (nSPS) is 24.4. The fraction of sp³-hybridized carbons (Fsp3) is 0.882. The summed E-state index contributed by atoms with van der Waals surface area (Å²) in [6.45, 7) is 7.64. The molecule has 122 valence electrons. The number of aliphatic carboxylic acids is 1. The minimum absolute atomic E-state index is 0.157. The molecule has 0 heterocycles. The lowest BCUT2D eigenvalue weighted by molar-refractivity contribution is -0.156. The van der Waals surface area contributed by atoms with Gasteiger partial charge in [-0.1, -0.05) is 19.8 Å². The van der Waals surface area contributed by atoms with Gasteiger partial charge in [0.05, 0.1) is 5.92 Å². The van der Waals surface area contributed by atoms with Crippen LogP contribution in [-0.2, 0) is 14.3 Å². The number of hydrogen-bond acceptors (Lipinski definition) is 3. The van der Waals surface area contributed by atoms with Gasteiger partial charge in [-0.2, -0.15) is 0 Å². The van der Waals surface area contributed by atoms with Crippen molar-refractivity contribution in [2.24, 2.45) is 17.8 Å². The van der Waals surface area contributed by atoms with Crippen LogP contribution in [0.5, 0.6) is 0 Å². The minimum Gasteiger partial charge on any atom is -0.481 e. The average Bonchev–Trinajstić information content (AvgIpc) is 2.33. The van der Waals surface area contributed by atoms with Gasteiger partial charge in [0, 0.05) is 6.42 Å². The fourth-order valence-corrected chi connectivity index (χ4v) is 3.37. The predicted octanol–water partition coefficient (Wildman–Crippen LogP) is 4.03. The second kappa shape index (κ2) is 7.81. The zero-order valence-corrected chi connectivity index (χ0v) is 13.9. The van der Waals surface area contributed by atoms with Crippen LogP contribution in [-0.4, -0.2) is 22.6 Å². The molecule has 0 amide bonds. The highest BCUT2D eigenvalue weighted by molar-refractivity contribution is 5.71. The molecule has 1 N–H and O–H groups in total. The van der Waals surface area contributed by atoms with Crippen molar-refractivity contribution in [3.8, 4) is 0 Å². The van der Waals surface area contributed by atoms with Crippen LogP contribution in [0.25, 0.3) is 0 Å². The van der Waals surface area contributed by atoms with Crippen LogP contribution in [0.15, 0.2) is 0 Å². The standard InChI is InChI=1S/C17H30O4/c1-5-7-14(16(19)20)13-9-6-8-12(10-13)11-15(18)21-17(2,3)4/h12-14H,5-11H2,1-4H3,(H,19,20)/t12?,13?,14-/m1/s1. The summed E-state index contributed by atoms with van der Waals surface area (Å²) >= 11 is 0. The van der Waals surface area contributed by atoms with E-state index in [1.54, 1.807) is 0 Å². The maximum Gasteiger partial charge on any atom is 0.306 e. The van der Waals surface area contributed by atoms with Crippen LogP contribution in [0.2, 0.25) is 0 Å². The molecule has 1 saturated carbocycles. The summed E-state index contributed by atoms with van der Waals surface area (Å²) in [5, 5.41) is 9.39. The van der Waals surface area contributed by atoms with Gasteiger partial charge in [0.2, 0.25) is 0 Å². The Morgan fingerprint density at radius 1 is 1.29 bits per heavy atom. The van der Waals surface area contributed by atoms with Gasteiger partial charge in [0.15, 0.2) is 0 Å². The van der Waals surface area contributed by atoms with Gasteiger partial charge in [0.1, 0.15) is 5.60 Å². The molecule has 0 saturated heterocycles. The number of carbonyl (C=O) groups excluding carboxylic acids is 1. The first-order chi connectivity index (χ1) is 9.73. The van der Waals surface area contributed by atoms with Gasteiger partial charge in [-0.25, -0.2) is 0 Å². The molecule has 4 nitrogen and oxygen atoms in total. The maximum atomic E-state index is 11.9. The molecule has 0 bridgehead atoms. The molecule has 0 spiro atoms. The third-order valence-corrected chi connectivity index (χ3v) is 4.18. The Morgan fingerprint density at radius 2 is 1.95 bits per heavy atom. The molecular weight excluding hydrogens is 268 g/mol. The third-order valence-electron chi connectivity index (χ3n) is 4.18. The monoisotopic (exact) mass is 298 g/mol. The fourth-order valence-electron chi connectivity index (χ4n) is 3.37. The van der Waals surface area contributed by atoms with Crippen LogP contribution in [0, 0.1) is 17.8 Å². The van der Waals surface area contributed by atoms with E-state index in [0.717, 1.165) is 38.5 Å². The molecule has 2 unspecified atom stereocenters. The van der Waals surface area contributed by atoms with Crippen molar-refractivity contribution < 1.29 is 19.4 Å². The summed E-state index contributed by atoms with van der Waals surface area (Å²) in [4.78, 5) is 23.3. The van der Waals surface area contributed by atoms with E-state index in [0.29, 0.717) is 6.42 Å². The summed E-state index contributed by atoms with van der Waals surface area (Å²) in [7, 11) is 0. The SMILES string of the molecule is CCC[C@@H](C(=O)O)C1CCCC(CC(=O)OC(C)(C)C)C1. The lowest BCUT2D eigenvalue weighted by Crippen LogP contribution is -2.30. The third kappa shape index (κ3) is 6.49. The maximum absolute atomic E-state index is 11.9. The van der Waals surface area contributed by atoms with Crippen molar-refractivity contribution in [3.05, 3.63) is 0 Å². The molecule has 0 radical (unpaired) electrons. The van der Waals surface area contributed by atoms with E-state index < -0.39 is 11.6 Å². The smallest absolute Gasteiger partial charge is 0.306 e. The summed E-state index contributed by atoms with van der Waals surface area (Å²) in [6.07, 6.45) is 5.90. The van der Waals surface area contributed by atoms with E-state index in [9.17, 15) is 14.7 Å². The van der Waals surface area contributed by atoms with E-state index in [1.165, 1.54) is 0 Å². The summed E-state index contributed by atoms with van der Waals surface area (Å²) in [6, 6.07) is 0. The highest BCUT2D eigenvalue weighted by Gasteiger charge is 2.33. The quantitative estimate of drug-likeness (QED) is 0.752. The molecule has 1 aliphatic rings. The van der Waals surface area contributed by atoms with Crippen molar-refractivity contribution in [1.29, 1.82) is 0 Å². The molecular formula is C17H30O4. The van der Waals surface area contributed by atoms with E-state index >= 15 is 0 Å². The number of carbonyl (C=O) groups is 2. The van der Waals surface area contributed by atoms with Crippen molar-refractivity contribution in [1.82, 2.24) is 0 Å². The number of ether oxygens (including phenoxy) is 1. The van der Waals surface area contributed by atoms with Crippen molar-refractivity contribution in [3.63, 3.8) is 0 Å². The van der Waals surface area contributed by atoms with Crippen LogP contribution in [0.1, 0.15) is 72.6 Å². The zero-order chi connectivity index (χ0) is 16.0. The Bertz CT molecular complexity index is 356. The molecule has 21 heavy (non-hydrogen) atoms. The molecule has 0 aromatic rings. The van der Waals surface area contributed by atoms with Gasteiger partial charge in [-0.15, -0.1) is 0 Å². The van der Waals surface area contributed by atoms with E-state index in [4.69, 9.17) is 4.74 Å². The first-order valence-corrected chi connectivity index (χ1v) is 8.17. The largest absolute Gasteiger partial charge is 0.481 e. The first-order valence-electron chi connectivity index (χ1n) is 8.17. The highest BCUT2D eigenvalue weighted by Crippen LogP contribution is 2.37. The Labute approximate surface area is 128 Å². The van der Waals surface area contributed by atoms with Crippen LogP contribution in [0.3, 0.4) is 0 Å². The van der Waals surface area contributed by atoms with E-state index in [1.807, 2.05) is 27.7 Å². The predicted molar refractivity (Wildman–Crippen MR) is 81.9 cm³/mol. The molecule has 0 aromatic heterocycles. The van der Waals surface area contributed by atoms with Crippen molar-refractivity contribution >= 4 is 11.9 Å². The number of esters is 1. The molecule has 3 atom stereocenters. The van der Waals surface area contributed by atoms with Crippen LogP contribution < -0.4 is 0 Å². The Balaban J connectivity index is 2.55. The Hall–Kier alpha value is -1.06. The molecule has 4 heteroatoms. The van der Waals surface area contributed by atoms with E-state index in [2.05, 4.69) is 0 Å². The second-order valence-electron chi connectivity index (χ2n) is 7.32. The lowest BCUT2D eigenvalue weighted by atomic mass is 9.73. The topological polar surface area (TPSA) is 63.6 Å². The van der Waals surface area contributed by atoms with Gasteiger partial charge >= 0.3 is 11.9 Å². The van der Waals surface area contributed by atoms with Crippen molar-refractivity contribution in [2.45, 2.75) is 78.2 Å². The molecule has 0 aliphatic heterocycles. The van der Waals surface area contributed by atoms with Gasteiger partial charge in [0.25, 0.3) is 0 Å². The number of hydrogen-bond donors (Lipinski definition) is 1. The van der Waals surface area contributed by atoms with Crippen molar-refractivity contribution in [2.75, 3.05) is 0 Å². The number of carboxylic acids is 1. The highest BCUT2D eigenvalue weighted by atomic mass is 16.6. The molecule has 1 aliphatic carbocycles. The summed E-state index contributed by atoms with van der Waals surface area (Å²) in [5.41, 5.74) is -0.447. The van der Waals surface area contributed by atoms with Gasteiger partial charge in [-0.05, 0) is 58.3 Å². The summed E-state index contributed by atoms with van der Waals surface area (Å²) in [5.74, 6) is -0.604. The molecule has 0 aromatic carbocycles. The Kier molecular flexibility index (Phi) is 6.69. The molecule has 1 rings (SSSR count). The van der Waals surface area contributed by atoms with Gasteiger partial charge in [-0.3, -0.25) is 9.59 Å². The Morgan fingerprint density at radius 3 is 2.48 bits per heavy atom. The summed E-state index contributed by atoms with van der Waals surface area (Å²) < 4.78 is 5.38. The van der Waals surface area contributed by atoms with E-state index in [-0.39, 0.29) is 23.7 Å². The minimum atomic E-state index is -0.681. The van der Waals surface area contributed by atoms with Crippen LogP contribution >= 0.6 is 0 Å². The second-order valence-corrected chi connectivity index (χ2v) is 7.32. The average molecular weight is 298 g/mol. The molecule has 1 fully saturated rings. The first kappa shape index (κ1) is 18.0. The van der Waals surface area contributed by atoms with Crippen LogP contribution in [0.4, 0.5) is 0 Å². The number of rotatable bonds is 6.